The van der Waals surface area contributed by atoms with Gasteiger partial charge in [0.2, 0.25) is 5.91 Å². The fraction of sp³-hybridized carbons (Fsp3) is 0.467. The summed E-state index contributed by atoms with van der Waals surface area (Å²) in [5.41, 5.74) is 0.763. The zero-order chi connectivity index (χ0) is 13.8. The van der Waals surface area contributed by atoms with Crippen molar-refractivity contribution in [1.29, 1.82) is 0 Å². The van der Waals surface area contributed by atoms with Gasteiger partial charge in [-0.3, -0.25) is 4.79 Å². The van der Waals surface area contributed by atoms with E-state index in [1.165, 1.54) is 18.9 Å². The average Bonchev–Trinajstić information content (AvgIpc) is 3.12. The van der Waals surface area contributed by atoms with Crippen molar-refractivity contribution >= 4 is 11.9 Å². The Balaban J connectivity index is 1.92. The summed E-state index contributed by atoms with van der Waals surface area (Å²) in [6.45, 7) is 2.00. The van der Waals surface area contributed by atoms with E-state index in [2.05, 4.69) is 5.32 Å². The number of carbonyl (C=O) groups is 2. The Bertz CT molecular complexity index is 480. The molecular weight excluding hydrogens is 242 g/mol. The number of aromatic carboxylic acids is 1. The number of carboxylic acid groups (broad SMARTS) is 1. The summed E-state index contributed by atoms with van der Waals surface area (Å²) in [4.78, 5) is 22.9. The van der Waals surface area contributed by atoms with E-state index < -0.39 is 5.97 Å². The summed E-state index contributed by atoms with van der Waals surface area (Å²) in [6, 6.07) is 6.80. The van der Waals surface area contributed by atoms with E-state index in [4.69, 9.17) is 5.11 Å². The lowest BCUT2D eigenvalue weighted by atomic mass is 10.0. The minimum absolute atomic E-state index is 0.109. The second-order valence-corrected chi connectivity index (χ2v) is 5.29. The van der Waals surface area contributed by atoms with Gasteiger partial charge in [-0.1, -0.05) is 31.0 Å². The Hall–Kier alpha value is -1.84. The molecule has 102 valence electrons. The standard InChI is InChI=1S/C15H19NO3/c1-10(8-11-6-7-11)16-14(17)9-12-4-2-3-5-13(12)15(18)19/h2-5,10-11H,6-9H2,1H3,(H,16,17)(H,18,19). The van der Waals surface area contributed by atoms with E-state index in [9.17, 15) is 9.59 Å². The molecule has 1 fully saturated rings. The van der Waals surface area contributed by atoms with Crippen LogP contribution in [0.3, 0.4) is 0 Å². The van der Waals surface area contributed by atoms with Crippen LogP contribution in [0.15, 0.2) is 24.3 Å². The molecule has 1 aliphatic carbocycles. The molecule has 19 heavy (non-hydrogen) atoms. The molecule has 0 radical (unpaired) electrons. The molecule has 4 nitrogen and oxygen atoms in total. The van der Waals surface area contributed by atoms with Gasteiger partial charge in [-0.2, -0.15) is 0 Å². The van der Waals surface area contributed by atoms with Crippen molar-refractivity contribution in [2.24, 2.45) is 5.92 Å². The fourth-order valence-electron chi connectivity index (χ4n) is 2.29. The monoisotopic (exact) mass is 261 g/mol. The van der Waals surface area contributed by atoms with Crippen LogP contribution in [0.25, 0.3) is 0 Å². The van der Waals surface area contributed by atoms with Gasteiger partial charge in [0.15, 0.2) is 0 Å². The highest BCUT2D eigenvalue weighted by atomic mass is 16.4. The zero-order valence-corrected chi connectivity index (χ0v) is 11.1. The van der Waals surface area contributed by atoms with Gasteiger partial charge in [-0.15, -0.1) is 0 Å². The molecule has 0 bridgehead atoms. The normalized spacial score (nSPS) is 15.8. The van der Waals surface area contributed by atoms with E-state index in [0.717, 1.165) is 12.3 Å². The molecule has 1 aliphatic rings. The Morgan fingerprint density at radius 1 is 1.37 bits per heavy atom. The van der Waals surface area contributed by atoms with E-state index in [1.54, 1.807) is 18.2 Å². The van der Waals surface area contributed by atoms with Crippen molar-refractivity contribution < 1.29 is 14.7 Å². The predicted octanol–water partition coefficient (Wildman–Crippen LogP) is 2.23. The number of nitrogens with one attached hydrogen (secondary N) is 1. The molecule has 1 atom stereocenters. The molecule has 0 saturated heterocycles. The van der Waals surface area contributed by atoms with Crippen LogP contribution in [-0.4, -0.2) is 23.0 Å². The van der Waals surface area contributed by atoms with Crippen LogP contribution in [-0.2, 0) is 11.2 Å². The number of hydrogen-bond donors (Lipinski definition) is 2. The molecule has 1 aromatic rings. The van der Waals surface area contributed by atoms with Gasteiger partial charge in [0.05, 0.1) is 12.0 Å². The number of rotatable bonds is 6. The van der Waals surface area contributed by atoms with Crippen LogP contribution in [0.1, 0.15) is 42.1 Å². The molecule has 1 unspecified atom stereocenters. The first-order valence-corrected chi connectivity index (χ1v) is 6.67. The summed E-state index contributed by atoms with van der Waals surface area (Å²) in [5.74, 6) is -0.335. The lowest BCUT2D eigenvalue weighted by molar-refractivity contribution is -0.121. The first-order valence-electron chi connectivity index (χ1n) is 6.67. The van der Waals surface area contributed by atoms with Crippen molar-refractivity contribution in [2.75, 3.05) is 0 Å². The smallest absolute Gasteiger partial charge is 0.335 e. The largest absolute Gasteiger partial charge is 0.478 e. The number of carbonyl (C=O) groups excluding carboxylic acids is 1. The second kappa shape index (κ2) is 5.87. The van der Waals surface area contributed by atoms with Crippen molar-refractivity contribution in [3.05, 3.63) is 35.4 Å². The summed E-state index contributed by atoms with van der Waals surface area (Å²) in [5, 5.41) is 12.0. The number of benzene rings is 1. The summed E-state index contributed by atoms with van der Waals surface area (Å²) in [7, 11) is 0. The minimum atomic E-state index is -0.991. The number of amides is 1. The van der Waals surface area contributed by atoms with Gasteiger partial charge in [0, 0.05) is 6.04 Å². The first-order chi connectivity index (χ1) is 9.06. The number of carboxylic acids is 1. The van der Waals surface area contributed by atoms with Crippen molar-refractivity contribution in [3.8, 4) is 0 Å². The molecule has 0 aliphatic heterocycles. The van der Waals surface area contributed by atoms with Crippen molar-refractivity contribution in [2.45, 2.75) is 38.6 Å². The summed E-state index contributed by atoms with van der Waals surface area (Å²) < 4.78 is 0. The maximum atomic E-state index is 11.9. The molecule has 2 rings (SSSR count). The predicted molar refractivity (Wildman–Crippen MR) is 72.1 cm³/mol. The maximum Gasteiger partial charge on any atom is 0.335 e. The van der Waals surface area contributed by atoms with Crippen molar-refractivity contribution in [1.82, 2.24) is 5.32 Å². The van der Waals surface area contributed by atoms with Crippen molar-refractivity contribution in [3.63, 3.8) is 0 Å². The van der Waals surface area contributed by atoms with E-state index in [-0.39, 0.29) is 23.9 Å². The lowest BCUT2D eigenvalue weighted by Gasteiger charge is -2.14. The van der Waals surface area contributed by atoms with E-state index in [1.807, 2.05) is 6.92 Å². The summed E-state index contributed by atoms with van der Waals surface area (Å²) >= 11 is 0. The quantitative estimate of drug-likeness (QED) is 0.825. The Morgan fingerprint density at radius 3 is 2.68 bits per heavy atom. The molecule has 1 saturated carbocycles. The van der Waals surface area contributed by atoms with Crippen LogP contribution in [0.2, 0.25) is 0 Å². The highest BCUT2D eigenvalue weighted by Gasteiger charge is 2.24. The van der Waals surface area contributed by atoms with E-state index >= 15 is 0 Å². The van der Waals surface area contributed by atoms with Gasteiger partial charge in [-0.05, 0) is 30.9 Å². The van der Waals surface area contributed by atoms with Crippen LogP contribution in [0, 0.1) is 5.92 Å². The topological polar surface area (TPSA) is 66.4 Å². The SMILES string of the molecule is CC(CC1CC1)NC(=O)Cc1ccccc1C(=O)O. The third-order valence-corrected chi connectivity index (χ3v) is 3.39. The molecule has 2 N–H and O–H groups in total. The Morgan fingerprint density at radius 2 is 2.05 bits per heavy atom. The second-order valence-electron chi connectivity index (χ2n) is 5.29. The number of hydrogen-bond acceptors (Lipinski definition) is 2. The van der Waals surface area contributed by atoms with Crippen LogP contribution >= 0.6 is 0 Å². The Labute approximate surface area is 112 Å². The van der Waals surface area contributed by atoms with Gasteiger partial charge in [0.25, 0.3) is 0 Å². The minimum Gasteiger partial charge on any atom is -0.478 e. The molecule has 0 spiro atoms. The van der Waals surface area contributed by atoms with Crippen LogP contribution in [0.4, 0.5) is 0 Å². The van der Waals surface area contributed by atoms with Crippen LogP contribution in [0.5, 0.6) is 0 Å². The van der Waals surface area contributed by atoms with Crippen LogP contribution < -0.4 is 5.32 Å². The highest BCUT2D eigenvalue weighted by molar-refractivity contribution is 5.91. The molecule has 0 heterocycles. The molecule has 1 aromatic carbocycles. The molecule has 1 amide bonds. The third-order valence-electron chi connectivity index (χ3n) is 3.39. The van der Waals surface area contributed by atoms with E-state index in [0.29, 0.717) is 5.56 Å². The summed E-state index contributed by atoms with van der Waals surface area (Å²) in [6.07, 6.45) is 3.67. The van der Waals surface area contributed by atoms with Gasteiger partial charge in [-0.25, -0.2) is 4.79 Å². The molecular formula is C15H19NO3. The fourth-order valence-corrected chi connectivity index (χ4v) is 2.29. The molecule has 4 heteroatoms. The third kappa shape index (κ3) is 4.09. The lowest BCUT2D eigenvalue weighted by Crippen LogP contribution is -2.34. The molecule has 0 aromatic heterocycles. The average molecular weight is 261 g/mol. The Kier molecular flexibility index (Phi) is 4.20. The highest BCUT2D eigenvalue weighted by Crippen LogP contribution is 2.33. The maximum absolute atomic E-state index is 11.9. The van der Waals surface area contributed by atoms with Gasteiger partial charge < -0.3 is 10.4 Å². The van der Waals surface area contributed by atoms with Gasteiger partial charge >= 0.3 is 5.97 Å². The zero-order valence-electron chi connectivity index (χ0n) is 11.1. The first kappa shape index (κ1) is 13.6. The van der Waals surface area contributed by atoms with Gasteiger partial charge in [0.1, 0.15) is 0 Å².